The second-order valence-corrected chi connectivity index (χ2v) is 2.28. The molecule has 0 saturated carbocycles. The molecule has 0 saturated heterocycles. The van der Waals surface area contributed by atoms with E-state index < -0.39 is 4.92 Å². The molecule has 0 amide bonds. The van der Waals surface area contributed by atoms with Crippen LogP contribution in [0.15, 0.2) is 23.9 Å². The molecule has 11 heavy (non-hydrogen) atoms. The molecule has 0 bridgehead atoms. The minimum atomic E-state index is -0.395. The molecule has 0 aromatic carbocycles. The monoisotopic (exact) mass is 155 g/mol. The van der Waals surface area contributed by atoms with Crippen LogP contribution >= 0.6 is 0 Å². The van der Waals surface area contributed by atoms with Gasteiger partial charge in [0, 0.05) is 12.1 Å². The molecule has 3 N–H and O–H groups in total. The lowest BCUT2D eigenvalue weighted by atomic mass is 10.1. The highest BCUT2D eigenvalue weighted by Crippen LogP contribution is 2.11. The lowest BCUT2D eigenvalue weighted by Crippen LogP contribution is -2.35. The molecule has 1 aliphatic rings. The van der Waals surface area contributed by atoms with Gasteiger partial charge in [-0.15, -0.1) is 0 Å². The summed E-state index contributed by atoms with van der Waals surface area (Å²) in [4.78, 5) is 9.86. The van der Waals surface area contributed by atoms with Crippen molar-refractivity contribution < 1.29 is 4.92 Å². The van der Waals surface area contributed by atoms with Gasteiger partial charge in [-0.25, -0.2) is 0 Å². The fraction of sp³-hybridized carbons (Fsp3) is 0.333. The van der Waals surface area contributed by atoms with Crippen molar-refractivity contribution in [1.82, 2.24) is 5.43 Å². The van der Waals surface area contributed by atoms with Crippen LogP contribution in [0.4, 0.5) is 0 Å². The van der Waals surface area contributed by atoms with E-state index >= 15 is 0 Å². The summed E-state index contributed by atoms with van der Waals surface area (Å²) >= 11 is 0. The van der Waals surface area contributed by atoms with Gasteiger partial charge in [0.1, 0.15) is 0 Å². The first-order valence-corrected chi connectivity index (χ1v) is 3.22. The van der Waals surface area contributed by atoms with Gasteiger partial charge in [0.05, 0.1) is 11.3 Å². The zero-order valence-electron chi connectivity index (χ0n) is 5.86. The first kappa shape index (κ1) is 7.90. The average Bonchev–Trinajstić information content (AvgIpc) is 2.05. The number of allylic oxidation sites excluding steroid dienone is 2. The lowest BCUT2D eigenvalue weighted by Gasteiger charge is -2.11. The Morgan fingerprint density at radius 1 is 1.82 bits per heavy atom. The summed E-state index contributed by atoms with van der Waals surface area (Å²) in [6.07, 6.45) is 5.24. The van der Waals surface area contributed by atoms with Crippen LogP contribution in [0.3, 0.4) is 0 Å². The second kappa shape index (κ2) is 3.27. The Bertz CT molecular complexity index is 222. The van der Waals surface area contributed by atoms with E-state index in [-0.39, 0.29) is 11.7 Å². The van der Waals surface area contributed by atoms with Crippen LogP contribution in [0.2, 0.25) is 0 Å². The molecular weight excluding hydrogens is 146 g/mol. The third kappa shape index (κ3) is 1.86. The van der Waals surface area contributed by atoms with E-state index in [2.05, 4.69) is 5.43 Å². The number of rotatable bonds is 2. The summed E-state index contributed by atoms with van der Waals surface area (Å²) in [7, 11) is 0. The smallest absolute Gasteiger partial charge is 0.248 e. The summed E-state index contributed by atoms with van der Waals surface area (Å²) in [5.41, 5.74) is 2.65. The molecular formula is C6H9N3O2. The molecule has 0 radical (unpaired) electrons. The van der Waals surface area contributed by atoms with E-state index in [0.29, 0.717) is 6.42 Å². The van der Waals surface area contributed by atoms with Crippen LogP contribution < -0.4 is 11.3 Å². The average molecular weight is 155 g/mol. The van der Waals surface area contributed by atoms with Gasteiger partial charge in [0.15, 0.2) is 0 Å². The van der Waals surface area contributed by atoms with Gasteiger partial charge in [-0.3, -0.25) is 21.4 Å². The maximum atomic E-state index is 10.3. The van der Waals surface area contributed by atoms with Gasteiger partial charge in [-0.1, -0.05) is 12.2 Å². The van der Waals surface area contributed by atoms with E-state index in [1.165, 1.54) is 6.08 Å². The number of hydrogen-bond acceptors (Lipinski definition) is 4. The predicted octanol–water partition coefficient (Wildman–Crippen LogP) is -0.0612. The van der Waals surface area contributed by atoms with Crippen LogP contribution in [0.25, 0.3) is 0 Å². The van der Waals surface area contributed by atoms with Crippen molar-refractivity contribution in [3.63, 3.8) is 0 Å². The molecule has 0 aromatic heterocycles. The molecule has 1 aliphatic carbocycles. The quantitative estimate of drug-likeness (QED) is 0.332. The van der Waals surface area contributed by atoms with Crippen LogP contribution in [-0.4, -0.2) is 11.0 Å². The topological polar surface area (TPSA) is 81.2 Å². The Hall–Kier alpha value is -1.20. The Labute approximate surface area is 63.7 Å². The van der Waals surface area contributed by atoms with E-state index in [4.69, 9.17) is 5.84 Å². The van der Waals surface area contributed by atoms with Gasteiger partial charge in [-0.05, 0) is 0 Å². The molecule has 5 nitrogen and oxygen atoms in total. The molecule has 0 aromatic rings. The summed E-state index contributed by atoms with van der Waals surface area (Å²) in [6, 6.07) is -0.111. The van der Waals surface area contributed by atoms with Crippen LogP contribution in [0, 0.1) is 10.1 Å². The summed E-state index contributed by atoms with van der Waals surface area (Å²) in [5.74, 6) is 5.11. The van der Waals surface area contributed by atoms with Crippen LogP contribution in [0.1, 0.15) is 6.42 Å². The normalized spacial score (nSPS) is 23.0. The fourth-order valence-corrected chi connectivity index (χ4v) is 0.912. The van der Waals surface area contributed by atoms with E-state index in [0.717, 1.165) is 0 Å². The SMILES string of the molecule is NNC1C=CC=C([N+](=O)[O-])C1. The predicted molar refractivity (Wildman–Crippen MR) is 39.9 cm³/mol. The summed E-state index contributed by atoms with van der Waals surface area (Å²) in [5, 5.41) is 10.3. The third-order valence-electron chi connectivity index (χ3n) is 1.51. The van der Waals surface area contributed by atoms with Crippen molar-refractivity contribution in [3.8, 4) is 0 Å². The Balaban J connectivity index is 2.64. The Morgan fingerprint density at radius 2 is 2.55 bits per heavy atom. The second-order valence-electron chi connectivity index (χ2n) is 2.28. The number of nitrogens with zero attached hydrogens (tertiary/aromatic N) is 1. The number of nitro groups is 1. The van der Waals surface area contributed by atoms with Crippen LogP contribution in [-0.2, 0) is 0 Å². The van der Waals surface area contributed by atoms with E-state index in [1.54, 1.807) is 12.2 Å². The minimum absolute atomic E-state index is 0.111. The van der Waals surface area contributed by atoms with E-state index in [1.807, 2.05) is 0 Å². The highest BCUT2D eigenvalue weighted by molar-refractivity contribution is 5.17. The lowest BCUT2D eigenvalue weighted by molar-refractivity contribution is -0.428. The largest absolute Gasteiger partial charge is 0.271 e. The minimum Gasteiger partial charge on any atom is -0.271 e. The Kier molecular flexibility index (Phi) is 2.35. The summed E-state index contributed by atoms with van der Waals surface area (Å²) < 4.78 is 0. The highest BCUT2D eigenvalue weighted by Gasteiger charge is 2.17. The maximum absolute atomic E-state index is 10.3. The molecule has 1 rings (SSSR count). The van der Waals surface area contributed by atoms with Crippen molar-refractivity contribution in [1.29, 1.82) is 0 Å². The van der Waals surface area contributed by atoms with Crippen molar-refractivity contribution in [3.05, 3.63) is 34.0 Å². The first-order valence-electron chi connectivity index (χ1n) is 3.22. The zero-order chi connectivity index (χ0) is 8.27. The van der Waals surface area contributed by atoms with Crippen molar-refractivity contribution in [2.45, 2.75) is 12.5 Å². The molecule has 0 fully saturated rings. The molecule has 5 heteroatoms. The van der Waals surface area contributed by atoms with Crippen LogP contribution in [0.5, 0.6) is 0 Å². The number of nitrogens with one attached hydrogen (secondary N) is 1. The molecule has 0 spiro atoms. The van der Waals surface area contributed by atoms with Gasteiger partial charge in [0.25, 0.3) is 0 Å². The number of hydrazine groups is 1. The number of nitrogens with two attached hydrogens (primary N) is 1. The molecule has 0 heterocycles. The number of hydrogen-bond donors (Lipinski definition) is 2. The Morgan fingerprint density at radius 3 is 3.09 bits per heavy atom. The van der Waals surface area contributed by atoms with Crippen molar-refractivity contribution in [2.75, 3.05) is 0 Å². The van der Waals surface area contributed by atoms with Crippen molar-refractivity contribution >= 4 is 0 Å². The van der Waals surface area contributed by atoms with Crippen molar-refractivity contribution in [2.24, 2.45) is 5.84 Å². The maximum Gasteiger partial charge on any atom is 0.248 e. The highest BCUT2D eigenvalue weighted by atomic mass is 16.6. The molecule has 0 aliphatic heterocycles. The molecule has 1 unspecified atom stereocenters. The molecule has 60 valence electrons. The molecule has 1 atom stereocenters. The van der Waals surface area contributed by atoms with Gasteiger partial charge < -0.3 is 0 Å². The van der Waals surface area contributed by atoms with Gasteiger partial charge in [-0.2, -0.15) is 0 Å². The van der Waals surface area contributed by atoms with Gasteiger partial charge in [0.2, 0.25) is 5.70 Å². The first-order chi connectivity index (χ1) is 5.24. The summed E-state index contributed by atoms with van der Waals surface area (Å²) in [6.45, 7) is 0. The van der Waals surface area contributed by atoms with Gasteiger partial charge >= 0.3 is 0 Å². The zero-order valence-corrected chi connectivity index (χ0v) is 5.86. The van der Waals surface area contributed by atoms with E-state index in [9.17, 15) is 10.1 Å². The third-order valence-corrected chi connectivity index (χ3v) is 1.51. The fourth-order valence-electron chi connectivity index (χ4n) is 0.912. The standard InChI is InChI=1S/C6H9N3O2/c7-8-5-2-1-3-6(4-5)9(10)11/h1-3,5,8H,4,7H2.